The van der Waals surface area contributed by atoms with Crippen LogP contribution in [0.1, 0.15) is 11.3 Å². The van der Waals surface area contributed by atoms with E-state index in [4.69, 9.17) is 14.2 Å². The second-order valence-corrected chi connectivity index (χ2v) is 8.03. The first kappa shape index (κ1) is 22.3. The highest BCUT2D eigenvalue weighted by molar-refractivity contribution is 7.22. The second kappa shape index (κ2) is 10.1. The summed E-state index contributed by atoms with van der Waals surface area (Å²) in [5.74, 6) is 1.73. The average Bonchev–Trinajstić information content (AvgIpc) is 3.29. The van der Waals surface area contributed by atoms with E-state index < -0.39 is 0 Å². The number of aromatic nitrogens is 2. The SMILES string of the molecule is COc1ccc2sc(N(Cc3ccccn3)C(=O)/C=C/c3ccc(OC)c(OC)c3)nc2c1. The van der Waals surface area contributed by atoms with Crippen LogP contribution in [-0.4, -0.2) is 37.2 Å². The molecule has 0 saturated carbocycles. The van der Waals surface area contributed by atoms with E-state index in [0.717, 1.165) is 27.2 Å². The largest absolute Gasteiger partial charge is 0.497 e. The number of benzene rings is 2. The maximum atomic E-state index is 13.3. The molecule has 0 spiro atoms. The molecule has 8 heteroatoms. The van der Waals surface area contributed by atoms with Gasteiger partial charge < -0.3 is 14.2 Å². The van der Waals surface area contributed by atoms with Gasteiger partial charge in [0.1, 0.15) is 5.75 Å². The lowest BCUT2D eigenvalue weighted by Gasteiger charge is -2.17. The van der Waals surface area contributed by atoms with Crippen molar-refractivity contribution in [3.63, 3.8) is 0 Å². The van der Waals surface area contributed by atoms with Gasteiger partial charge in [-0.2, -0.15) is 0 Å². The normalized spacial score (nSPS) is 11.0. The highest BCUT2D eigenvalue weighted by atomic mass is 32.1. The molecule has 0 radical (unpaired) electrons. The number of nitrogens with zero attached hydrogens (tertiary/aromatic N) is 3. The molecule has 2 heterocycles. The molecule has 0 N–H and O–H groups in total. The van der Waals surface area contributed by atoms with Crippen LogP contribution >= 0.6 is 11.3 Å². The standard InChI is InChI=1S/C25H23N3O4S/c1-30-19-9-11-23-20(15-19)27-25(33-23)28(16-18-6-4-5-13-26-18)24(29)12-8-17-7-10-21(31-2)22(14-17)32-3/h4-15H,16H2,1-3H3/b12-8+. The molecule has 33 heavy (non-hydrogen) atoms. The van der Waals surface area contributed by atoms with Crippen LogP contribution in [-0.2, 0) is 11.3 Å². The van der Waals surface area contributed by atoms with Gasteiger partial charge in [0.05, 0.1) is 43.8 Å². The van der Waals surface area contributed by atoms with Crippen molar-refractivity contribution >= 4 is 38.7 Å². The van der Waals surface area contributed by atoms with Crippen molar-refractivity contribution in [2.24, 2.45) is 0 Å². The quantitative estimate of drug-likeness (QED) is 0.345. The predicted octanol–water partition coefficient (Wildman–Crippen LogP) is 4.96. The summed E-state index contributed by atoms with van der Waals surface area (Å²) in [5.41, 5.74) is 2.35. The predicted molar refractivity (Wildman–Crippen MR) is 130 cm³/mol. The molecule has 168 valence electrons. The number of pyridine rings is 1. The number of methoxy groups -OCH3 is 3. The molecule has 4 rings (SSSR count). The number of thiazole rings is 1. The molecular formula is C25H23N3O4S. The van der Waals surface area contributed by atoms with Crippen LogP contribution in [0.3, 0.4) is 0 Å². The van der Waals surface area contributed by atoms with E-state index in [1.807, 2.05) is 48.5 Å². The van der Waals surface area contributed by atoms with Crippen LogP contribution in [0.15, 0.2) is 66.9 Å². The Morgan fingerprint density at radius 2 is 1.85 bits per heavy atom. The topological polar surface area (TPSA) is 73.8 Å². The minimum Gasteiger partial charge on any atom is -0.497 e. The molecule has 2 aromatic carbocycles. The zero-order chi connectivity index (χ0) is 23.2. The summed E-state index contributed by atoms with van der Waals surface area (Å²) < 4.78 is 16.9. The van der Waals surface area contributed by atoms with Crippen LogP contribution in [0.4, 0.5) is 5.13 Å². The van der Waals surface area contributed by atoms with Gasteiger partial charge >= 0.3 is 0 Å². The summed E-state index contributed by atoms with van der Waals surface area (Å²) in [6, 6.07) is 16.8. The second-order valence-electron chi connectivity index (χ2n) is 7.02. The van der Waals surface area contributed by atoms with Crippen molar-refractivity contribution in [2.75, 3.05) is 26.2 Å². The van der Waals surface area contributed by atoms with Crippen LogP contribution < -0.4 is 19.1 Å². The van der Waals surface area contributed by atoms with Gasteiger partial charge in [-0.1, -0.05) is 23.5 Å². The van der Waals surface area contributed by atoms with Crippen LogP contribution in [0.25, 0.3) is 16.3 Å². The Morgan fingerprint density at radius 1 is 1.00 bits per heavy atom. The van der Waals surface area contributed by atoms with Gasteiger partial charge in [-0.3, -0.25) is 14.7 Å². The Balaban J connectivity index is 1.66. The van der Waals surface area contributed by atoms with Crippen LogP contribution in [0.5, 0.6) is 17.2 Å². The average molecular weight is 462 g/mol. The molecule has 0 atom stereocenters. The number of anilines is 1. The Morgan fingerprint density at radius 3 is 2.58 bits per heavy atom. The molecular weight excluding hydrogens is 438 g/mol. The van der Waals surface area contributed by atoms with Crippen molar-refractivity contribution in [3.05, 3.63) is 78.1 Å². The third-order valence-electron chi connectivity index (χ3n) is 4.95. The summed E-state index contributed by atoms with van der Waals surface area (Å²) in [6.07, 6.45) is 4.98. The number of hydrogen-bond donors (Lipinski definition) is 0. The molecule has 0 saturated heterocycles. The van der Waals surface area contributed by atoms with E-state index in [0.29, 0.717) is 23.2 Å². The lowest BCUT2D eigenvalue weighted by atomic mass is 10.2. The van der Waals surface area contributed by atoms with Gasteiger partial charge in [-0.25, -0.2) is 4.98 Å². The molecule has 1 amide bonds. The summed E-state index contributed by atoms with van der Waals surface area (Å²) in [6.45, 7) is 0.299. The Bertz CT molecular complexity index is 1290. The number of carbonyl (C=O) groups excluding carboxylic acids is 1. The van der Waals surface area contributed by atoms with E-state index in [1.54, 1.807) is 44.6 Å². The van der Waals surface area contributed by atoms with Gasteiger partial charge in [-0.05, 0) is 48.0 Å². The van der Waals surface area contributed by atoms with Gasteiger partial charge in [0.2, 0.25) is 0 Å². The van der Waals surface area contributed by atoms with Gasteiger partial charge in [0, 0.05) is 18.3 Å². The molecule has 4 aromatic rings. The van der Waals surface area contributed by atoms with Gasteiger partial charge in [-0.15, -0.1) is 0 Å². The maximum Gasteiger partial charge on any atom is 0.253 e. The highest BCUT2D eigenvalue weighted by Crippen LogP contribution is 2.32. The van der Waals surface area contributed by atoms with E-state index >= 15 is 0 Å². The van der Waals surface area contributed by atoms with Crippen molar-refractivity contribution in [2.45, 2.75) is 6.54 Å². The zero-order valence-corrected chi connectivity index (χ0v) is 19.3. The number of rotatable bonds is 8. The van der Waals surface area contributed by atoms with Crippen molar-refractivity contribution < 1.29 is 19.0 Å². The van der Waals surface area contributed by atoms with Crippen molar-refractivity contribution in [3.8, 4) is 17.2 Å². The molecule has 0 unspecified atom stereocenters. The zero-order valence-electron chi connectivity index (χ0n) is 18.5. The lowest BCUT2D eigenvalue weighted by Crippen LogP contribution is -2.29. The molecule has 0 bridgehead atoms. The van der Waals surface area contributed by atoms with Gasteiger partial charge in [0.15, 0.2) is 16.6 Å². The number of amides is 1. The number of hydrogen-bond acceptors (Lipinski definition) is 7. The summed E-state index contributed by atoms with van der Waals surface area (Å²) >= 11 is 1.45. The minimum absolute atomic E-state index is 0.207. The Kier molecular flexibility index (Phi) is 6.85. The molecule has 7 nitrogen and oxygen atoms in total. The van der Waals surface area contributed by atoms with E-state index in [-0.39, 0.29) is 5.91 Å². The van der Waals surface area contributed by atoms with E-state index in [2.05, 4.69) is 9.97 Å². The van der Waals surface area contributed by atoms with Crippen LogP contribution in [0, 0.1) is 0 Å². The molecule has 0 aliphatic heterocycles. The summed E-state index contributed by atoms with van der Waals surface area (Å²) in [7, 11) is 4.78. The fourth-order valence-electron chi connectivity index (χ4n) is 3.24. The Hall–Kier alpha value is -3.91. The summed E-state index contributed by atoms with van der Waals surface area (Å²) in [5, 5.41) is 0.589. The number of fused-ring (bicyclic) bond motifs is 1. The van der Waals surface area contributed by atoms with E-state index in [1.165, 1.54) is 17.4 Å². The maximum absolute atomic E-state index is 13.3. The van der Waals surface area contributed by atoms with Crippen molar-refractivity contribution in [1.29, 1.82) is 0 Å². The fourth-order valence-corrected chi connectivity index (χ4v) is 4.20. The number of carbonyl (C=O) groups is 1. The smallest absolute Gasteiger partial charge is 0.253 e. The van der Waals surface area contributed by atoms with Crippen LogP contribution in [0.2, 0.25) is 0 Å². The summed E-state index contributed by atoms with van der Waals surface area (Å²) in [4.78, 5) is 24.0. The third kappa shape index (κ3) is 5.12. The molecule has 0 aliphatic rings. The highest BCUT2D eigenvalue weighted by Gasteiger charge is 2.19. The Labute approximate surface area is 195 Å². The molecule has 0 aliphatic carbocycles. The third-order valence-corrected chi connectivity index (χ3v) is 6.01. The first-order chi connectivity index (χ1) is 16.1. The first-order valence-corrected chi connectivity index (χ1v) is 11.0. The van der Waals surface area contributed by atoms with Gasteiger partial charge in [0.25, 0.3) is 5.91 Å². The fraction of sp³-hybridized carbons (Fsp3) is 0.160. The van der Waals surface area contributed by atoms with E-state index in [9.17, 15) is 4.79 Å². The molecule has 2 aromatic heterocycles. The first-order valence-electron chi connectivity index (χ1n) is 10.2. The number of ether oxygens (including phenoxy) is 3. The minimum atomic E-state index is -0.207. The molecule has 0 fully saturated rings. The monoisotopic (exact) mass is 461 g/mol. The van der Waals surface area contributed by atoms with Crippen molar-refractivity contribution in [1.82, 2.24) is 9.97 Å². The lowest BCUT2D eigenvalue weighted by molar-refractivity contribution is -0.114.